The first kappa shape index (κ1) is 14.9. The van der Waals surface area contributed by atoms with E-state index in [1.165, 1.54) is 0 Å². The second kappa shape index (κ2) is 5.65. The molecule has 4 nitrogen and oxygen atoms in total. The molecule has 1 rings (SSSR count). The van der Waals surface area contributed by atoms with Crippen molar-refractivity contribution in [3.05, 3.63) is 42.0 Å². The van der Waals surface area contributed by atoms with E-state index in [1.54, 1.807) is 6.08 Å². The smallest absolute Gasteiger partial charge is 0.270 e. The van der Waals surface area contributed by atoms with Crippen molar-refractivity contribution in [3.8, 4) is 0 Å². The zero-order chi connectivity index (χ0) is 13.8. The molecule has 0 radical (unpaired) electrons. The zero-order valence-corrected chi connectivity index (χ0v) is 11.7. The van der Waals surface area contributed by atoms with Crippen LogP contribution in [0.1, 0.15) is 11.1 Å². The van der Waals surface area contributed by atoms with Crippen LogP contribution in [0, 0.1) is 0 Å². The Kier molecular flexibility index (Phi) is 4.67. The van der Waals surface area contributed by atoms with Gasteiger partial charge >= 0.3 is 0 Å². The summed E-state index contributed by atoms with van der Waals surface area (Å²) in [7, 11) is -0.0150. The molecular weight excluding hydrogens is 250 g/mol. The minimum absolute atomic E-state index is 0.218. The minimum Gasteiger partial charge on any atom is -0.324 e. The lowest BCUT2D eigenvalue weighted by molar-refractivity contribution is -0.901. The molecule has 1 aromatic rings. The van der Waals surface area contributed by atoms with E-state index in [1.807, 2.05) is 38.4 Å². The van der Waals surface area contributed by atoms with E-state index >= 15 is 0 Å². The van der Waals surface area contributed by atoms with Gasteiger partial charge in [-0.25, -0.2) is 0 Å². The summed E-state index contributed by atoms with van der Waals surface area (Å²) in [5.41, 5.74) is 2.18. The molecule has 5 heteroatoms. The van der Waals surface area contributed by atoms with E-state index in [0.717, 1.165) is 11.1 Å². The average Bonchev–Trinajstić information content (AvgIpc) is 2.26. The maximum Gasteiger partial charge on any atom is 0.270 e. The SMILES string of the molecule is C=Cc1ccc(C[N+](C)(C)CCS(=O)(=O)O)cc1. The maximum atomic E-state index is 10.7. The van der Waals surface area contributed by atoms with Gasteiger partial charge in [0.2, 0.25) is 0 Å². The van der Waals surface area contributed by atoms with Crippen LogP contribution in [0.25, 0.3) is 6.08 Å². The Morgan fingerprint density at radius 1 is 1.28 bits per heavy atom. The molecule has 0 heterocycles. The van der Waals surface area contributed by atoms with Crippen LogP contribution in [0.15, 0.2) is 30.8 Å². The predicted molar refractivity (Wildman–Crippen MR) is 73.6 cm³/mol. The van der Waals surface area contributed by atoms with Crippen LogP contribution in [-0.4, -0.2) is 43.8 Å². The summed E-state index contributed by atoms with van der Waals surface area (Å²) < 4.78 is 30.8. The number of quaternary nitrogens is 1. The summed E-state index contributed by atoms with van der Waals surface area (Å²) in [5.74, 6) is -0.218. The first-order valence-corrected chi connectivity index (χ1v) is 7.31. The van der Waals surface area contributed by atoms with Gasteiger partial charge in [-0.15, -0.1) is 0 Å². The zero-order valence-electron chi connectivity index (χ0n) is 10.8. The fourth-order valence-corrected chi connectivity index (χ4v) is 2.42. The molecule has 0 saturated heterocycles. The van der Waals surface area contributed by atoms with Crippen LogP contribution in [-0.2, 0) is 16.7 Å². The number of rotatable bonds is 6. The largest absolute Gasteiger partial charge is 0.324 e. The van der Waals surface area contributed by atoms with E-state index in [0.29, 0.717) is 17.6 Å². The lowest BCUT2D eigenvalue weighted by Gasteiger charge is -2.29. The van der Waals surface area contributed by atoms with E-state index in [-0.39, 0.29) is 5.75 Å². The highest BCUT2D eigenvalue weighted by molar-refractivity contribution is 7.85. The summed E-state index contributed by atoms with van der Waals surface area (Å²) in [6.45, 7) is 4.79. The first-order chi connectivity index (χ1) is 8.22. The van der Waals surface area contributed by atoms with Gasteiger partial charge < -0.3 is 4.48 Å². The molecule has 1 aromatic carbocycles. The van der Waals surface area contributed by atoms with Crippen molar-refractivity contribution in [1.29, 1.82) is 0 Å². The fourth-order valence-electron chi connectivity index (χ4n) is 1.69. The van der Waals surface area contributed by atoms with Gasteiger partial charge in [0, 0.05) is 5.56 Å². The molecule has 0 atom stereocenters. The molecule has 0 bridgehead atoms. The number of hydrogen-bond donors (Lipinski definition) is 1. The second-order valence-corrected chi connectivity index (χ2v) is 6.62. The van der Waals surface area contributed by atoms with Crippen molar-refractivity contribution >= 4 is 16.2 Å². The van der Waals surface area contributed by atoms with Crippen LogP contribution >= 0.6 is 0 Å². The van der Waals surface area contributed by atoms with Gasteiger partial charge in [0.15, 0.2) is 0 Å². The van der Waals surface area contributed by atoms with Crippen LogP contribution in [0.3, 0.4) is 0 Å². The predicted octanol–water partition coefficient (Wildman–Crippen LogP) is 1.79. The molecule has 0 spiro atoms. The number of nitrogens with zero attached hydrogens (tertiary/aromatic N) is 1. The molecule has 0 saturated carbocycles. The van der Waals surface area contributed by atoms with Crippen molar-refractivity contribution in [2.45, 2.75) is 6.54 Å². The molecule has 0 aromatic heterocycles. The van der Waals surface area contributed by atoms with Gasteiger partial charge in [-0.1, -0.05) is 36.9 Å². The summed E-state index contributed by atoms with van der Waals surface area (Å²) >= 11 is 0. The summed E-state index contributed by atoms with van der Waals surface area (Å²) in [6.07, 6.45) is 1.78. The van der Waals surface area contributed by atoms with Crippen molar-refractivity contribution in [1.82, 2.24) is 0 Å². The van der Waals surface area contributed by atoms with Crippen LogP contribution < -0.4 is 0 Å². The van der Waals surface area contributed by atoms with Crippen LogP contribution in [0.2, 0.25) is 0 Å². The summed E-state index contributed by atoms with van der Waals surface area (Å²) in [5, 5.41) is 0. The molecular formula is C13H20NO3S+. The van der Waals surface area contributed by atoms with Crippen LogP contribution in [0.5, 0.6) is 0 Å². The molecule has 0 aliphatic carbocycles. The lowest BCUT2D eigenvalue weighted by Crippen LogP contribution is -2.42. The van der Waals surface area contributed by atoms with Crippen LogP contribution in [0.4, 0.5) is 0 Å². The maximum absolute atomic E-state index is 10.7. The van der Waals surface area contributed by atoms with E-state index in [2.05, 4.69) is 6.58 Å². The summed E-state index contributed by atoms with van der Waals surface area (Å²) in [6, 6.07) is 7.96. The Morgan fingerprint density at radius 3 is 2.28 bits per heavy atom. The van der Waals surface area contributed by atoms with Gasteiger partial charge in [0.05, 0.1) is 20.6 Å². The van der Waals surface area contributed by atoms with Crippen molar-refractivity contribution < 1.29 is 17.5 Å². The van der Waals surface area contributed by atoms with Gasteiger partial charge in [-0.3, -0.25) is 4.55 Å². The van der Waals surface area contributed by atoms with E-state index in [9.17, 15) is 8.42 Å². The van der Waals surface area contributed by atoms with Gasteiger partial charge in [0.25, 0.3) is 10.1 Å². The highest BCUT2D eigenvalue weighted by Gasteiger charge is 2.19. The highest BCUT2D eigenvalue weighted by Crippen LogP contribution is 2.11. The molecule has 18 heavy (non-hydrogen) atoms. The normalized spacial score (nSPS) is 12.4. The fraction of sp³-hybridized carbons (Fsp3) is 0.385. The van der Waals surface area contributed by atoms with Crippen molar-refractivity contribution in [2.75, 3.05) is 26.4 Å². The lowest BCUT2D eigenvalue weighted by atomic mass is 10.1. The van der Waals surface area contributed by atoms with E-state index < -0.39 is 10.1 Å². The highest BCUT2D eigenvalue weighted by atomic mass is 32.2. The molecule has 0 aliphatic heterocycles. The number of benzene rings is 1. The van der Waals surface area contributed by atoms with Gasteiger partial charge in [0.1, 0.15) is 12.3 Å². The molecule has 0 amide bonds. The Bertz CT molecular complexity index is 504. The van der Waals surface area contributed by atoms with Crippen molar-refractivity contribution in [2.24, 2.45) is 0 Å². The standard InChI is InChI=1S/C13H19NO3S/c1-4-12-5-7-13(8-6-12)11-14(2,3)9-10-18(15,16)17/h4-8H,1,9-11H2,2-3H3/p+1. The third-order valence-electron chi connectivity index (χ3n) is 2.78. The molecule has 0 fully saturated rings. The molecule has 1 N–H and O–H groups in total. The third-order valence-corrected chi connectivity index (χ3v) is 3.48. The van der Waals surface area contributed by atoms with Crippen molar-refractivity contribution in [3.63, 3.8) is 0 Å². The Hall–Kier alpha value is -1.17. The average molecular weight is 270 g/mol. The monoisotopic (exact) mass is 270 g/mol. The first-order valence-electron chi connectivity index (χ1n) is 5.70. The molecule has 0 unspecified atom stereocenters. The topological polar surface area (TPSA) is 54.4 Å². The summed E-state index contributed by atoms with van der Waals surface area (Å²) in [4.78, 5) is 0. The molecule has 100 valence electrons. The second-order valence-electron chi connectivity index (χ2n) is 5.05. The van der Waals surface area contributed by atoms with Gasteiger partial charge in [-0.2, -0.15) is 8.42 Å². The number of hydrogen-bond acceptors (Lipinski definition) is 2. The Morgan fingerprint density at radius 2 is 1.83 bits per heavy atom. The quantitative estimate of drug-likeness (QED) is 0.633. The van der Waals surface area contributed by atoms with Gasteiger partial charge in [-0.05, 0) is 5.56 Å². The Labute approximate surface area is 109 Å². The third kappa shape index (κ3) is 5.44. The molecule has 0 aliphatic rings. The minimum atomic E-state index is -3.89. The Balaban J connectivity index is 2.66. The van der Waals surface area contributed by atoms with E-state index in [4.69, 9.17) is 4.55 Å².